The van der Waals surface area contributed by atoms with Gasteiger partial charge in [0.25, 0.3) is 0 Å². The molecule has 22 heavy (non-hydrogen) atoms. The highest BCUT2D eigenvalue weighted by molar-refractivity contribution is 6.30. The highest BCUT2D eigenvalue weighted by atomic mass is 35.5. The highest BCUT2D eigenvalue weighted by Crippen LogP contribution is 2.49. The van der Waals surface area contributed by atoms with Crippen LogP contribution in [0.5, 0.6) is 5.75 Å². The Morgan fingerprint density at radius 1 is 1.18 bits per heavy atom. The zero-order valence-electron chi connectivity index (χ0n) is 12.6. The van der Waals surface area contributed by atoms with Gasteiger partial charge in [-0.2, -0.15) is 0 Å². The molecule has 1 aliphatic rings. The van der Waals surface area contributed by atoms with Gasteiger partial charge in [0, 0.05) is 17.0 Å². The fraction of sp³-hybridized carbons (Fsp3) is 0.278. The van der Waals surface area contributed by atoms with Crippen molar-refractivity contribution in [2.24, 2.45) is 5.73 Å². The van der Waals surface area contributed by atoms with Gasteiger partial charge in [-0.3, -0.25) is 4.79 Å². The van der Waals surface area contributed by atoms with Crippen LogP contribution < -0.4 is 10.5 Å². The van der Waals surface area contributed by atoms with E-state index in [4.69, 9.17) is 22.1 Å². The number of ether oxygens (including phenoxy) is 1. The summed E-state index contributed by atoms with van der Waals surface area (Å²) < 4.78 is 6.03. The number of hydrogen-bond acceptors (Lipinski definition) is 2. The maximum absolute atomic E-state index is 12.6. The summed E-state index contributed by atoms with van der Waals surface area (Å²) in [5, 5.41) is 0.559. The standard InChI is InChI=1S/C18H18ClNO2/c1-17(2)11-18(16(20)21,12-6-4-3-5-7-12)14-10-13(19)8-9-15(14)22-17/h3-10H,11H2,1-2H3,(H2,20,21). The molecule has 2 N–H and O–H groups in total. The Morgan fingerprint density at radius 3 is 2.50 bits per heavy atom. The third kappa shape index (κ3) is 2.26. The monoisotopic (exact) mass is 315 g/mol. The van der Waals surface area contributed by atoms with Crippen LogP contribution in [0.15, 0.2) is 48.5 Å². The molecule has 3 rings (SSSR count). The van der Waals surface area contributed by atoms with Crippen molar-refractivity contribution in [3.05, 3.63) is 64.7 Å². The maximum Gasteiger partial charge on any atom is 0.232 e. The molecule has 0 bridgehead atoms. The van der Waals surface area contributed by atoms with Crippen molar-refractivity contribution in [1.82, 2.24) is 0 Å². The predicted octanol–water partition coefficient (Wildman–Crippen LogP) is 3.67. The summed E-state index contributed by atoms with van der Waals surface area (Å²) in [7, 11) is 0. The van der Waals surface area contributed by atoms with E-state index in [1.54, 1.807) is 18.2 Å². The lowest BCUT2D eigenvalue weighted by molar-refractivity contribution is -0.124. The fourth-order valence-electron chi connectivity index (χ4n) is 3.33. The summed E-state index contributed by atoms with van der Waals surface area (Å²) in [4.78, 5) is 12.6. The first-order valence-electron chi connectivity index (χ1n) is 7.20. The average molecular weight is 316 g/mol. The lowest BCUT2D eigenvalue weighted by Gasteiger charge is -2.44. The molecule has 2 aromatic rings. The van der Waals surface area contributed by atoms with E-state index in [0.29, 0.717) is 17.2 Å². The van der Waals surface area contributed by atoms with Crippen molar-refractivity contribution >= 4 is 17.5 Å². The SMILES string of the molecule is CC1(C)CC(C(N)=O)(c2ccccc2)c2cc(Cl)ccc2O1. The van der Waals surface area contributed by atoms with E-state index < -0.39 is 16.9 Å². The minimum Gasteiger partial charge on any atom is -0.487 e. The van der Waals surface area contributed by atoms with Crippen LogP contribution in [0.25, 0.3) is 0 Å². The molecule has 0 radical (unpaired) electrons. The molecule has 0 spiro atoms. The number of fused-ring (bicyclic) bond motifs is 1. The van der Waals surface area contributed by atoms with Crippen molar-refractivity contribution in [1.29, 1.82) is 0 Å². The fourth-order valence-corrected chi connectivity index (χ4v) is 3.51. The second-order valence-electron chi connectivity index (χ2n) is 6.31. The van der Waals surface area contributed by atoms with Crippen LogP contribution in [0.2, 0.25) is 5.02 Å². The van der Waals surface area contributed by atoms with Gasteiger partial charge >= 0.3 is 0 Å². The van der Waals surface area contributed by atoms with Crippen LogP contribution in [-0.4, -0.2) is 11.5 Å². The van der Waals surface area contributed by atoms with Gasteiger partial charge in [-0.1, -0.05) is 41.9 Å². The first-order chi connectivity index (χ1) is 10.3. The van der Waals surface area contributed by atoms with Crippen molar-refractivity contribution in [3.63, 3.8) is 0 Å². The molecule has 0 saturated heterocycles. The molecular formula is C18H18ClNO2. The third-order valence-electron chi connectivity index (χ3n) is 4.17. The lowest BCUT2D eigenvalue weighted by atomic mass is 9.66. The number of carbonyl (C=O) groups excluding carboxylic acids is 1. The summed E-state index contributed by atoms with van der Waals surface area (Å²) in [6.07, 6.45) is 0.465. The first kappa shape index (κ1) is 14.9. The average Bonchev–Trinajstić information content (AvgIpc) is 2.47. The Morgan fingerprint density at radius 2 is 1.86 bits per heavy atom. The maximum atomic E-state index is 12.6. The molecule has 114 valence electrons. The number of halogens is 1. The number of amides is 1. The van der Waals surface area contributed by atoms with Gasteiger partial charge in [-0.15, -0.1) is 0 Å². The number of carbonyl (C=O) groups is 1. The zero-order chi connectivity index (χ0) is 16.0. The zero-order valence-corrected chi connectivity index (χ0v) is 13.4. The van der Waals surface area contributed by atoms with E-state index in [1.165, 1.54) is 0 Å². The first-order valence-corrected chi connectivity index (χ1v) is 7.57. The number of hydrogen-bond donors (Lipinski definition) is 1. The number of benzene rings is 2. The summed E-state index contributed by atoms with van der Waals surface area (Å²) in [6.45, 7) is 3.93. The van der Waals surface area contributed by atoms with Gasteiger partial charge in [0.2, 0.25) is 5.91 Å². The van der Waals surface area contributed by atoms with Gasteiger partial charge in [0.05, 0.1) is 0 Å². The van der Waals surface area contributed by atoms with E-state index in [9.17, 15) is 4.79 Å². The molecule has 1 heterocycles. The van der Waals surface area contributed by atoms with E-state index in [0.717, 1.165) is 11.1 Å². The van der Waals surface area contributed by atoms with Gasteiger partial charge in [0.1, 0.15) is 16.8 Å². The van der Waals surface area contributed by atoms with Crippen molar-refractivity contribution in [2.75, 3.05) is 0 Å². The Kier molecular flexibility index (Phi) is 3.41. The minimum absolute atomic E-state index is 0.390. The van der Waals surface area contributed by atoms with Crippen molar-refractivity contribution in [2.45, 2.75) is 31.3 Å². The molecule has 4 heteroatoms. The number of nitrogens with two attached hydrogens (primary N) is 1. The molecule has 0 saturated carbocycles. The van der Waals surface area contributed by atoms with Crippen LogP contribution in [-0.2, 0) is 10.2 Å². The number of rotatable bonds is 2. The second kappa shape index (κ2) is 5.03. The molecule has 0 fully saturated rings. The number of primary amides is 1. The summed E-state index contributed by atoms with van der Waals surface area (Å²) in [5.41, 5.74) is 6.03. The Bertz CT molecular complexity index is 727. The van der Waals surface area contributed by atoms with Crippen LogP contribution in [0, 0.1) is 0 Å². The van der Waals surface area contributed by atoms with Crippen molar-refractivity contribution < 1.29 is 9.53 Å². The molecular weight excluding hydrogens is 298 g/mol. The van der Waals surface area contributed by atoms with Crippen LogP contribution >= 0.6 is 11.6 Å². The van der Waals surface area contributed by atoms with Gasteiger partial charge in [0.15, 0.2) is 0 Å². The second-order valence-corrected chi connectivity index (χ2v) is 6.75. The Balaban J connectivity index is 2.34. The molecule has 0 aliphatic carbocycles. The van der Waals surface area contributed by atoms with E-state index in [1.807, 2.05) is 44.2 Å². The molecule has 2 aromatic carbocycles. The largest absolute Gasteiger partial charge is 0.487 e. The minimum atomic E-state index is -0.941. The van der Waals surface area contributed by atoms with E-state index in [-0.39, 0.29) is 0 Å². The molecule has 3 nitrogen and oxygen atoms in total. The van der Waals surface area contributed by atoms with E-state index in [2.05, 4.69) is 0 Å². The molecule has 0 aromatic heterocycles. The van der Waals surface area contributed by atoms with E-state index >= 15 is 0 Å². The molecule has 1 aliphatic heterocycles. The van der Waals surface area contributed by atoms with Crippen molar-refractivity contribution in [3.8, 4) is 5.75 Å². The summed E-state index contributed by atoms with van der Waals surface area (Å²) in [6, 6.07) is 14.9. The Labute approximate surface area is 135 Å². The summed E-state index contributed by atoms with van der Waals surface area (Å²) >= 11 is 6.16. The smallest absolute Gasteiger partial charge is 0.232 e. The molecule has 1 unspecified atom stereocenters. The van der Waals surface area contributed by atoms with Gasteiger partial charge in [-0.05, 0) is 37.6 Å². The van der Waals surface area contributed by atoms with Gasteiger partial charge < -0.3 is 10.5 Å². The van der Waals surface area contributed by atoms with Crippen LogP contribution in [0.3, 0.4) is 0 Å². The predicted molar refractivity (Wildman–Crippen MR) is 87.2 cm³/mol. The molecule has 1 amide bonds. The topological polar surface area (TPSA) is 52.3 Å². The lowest BCUT2D eigenvalue weighted by Crippen LogP contribution is -2.52. The highest BCUT2D eigenvalue weighted by Gasteiger charge is 2.50. The van der Waals surface area contributed by atoms with Gasteiger partial charge in [-0.25, -0.2) is 0 Å². The quantitative estimate of drug-likeness (QED) is 0.919. The molecule has 1 atom stereocenters. The van der Waals surface area contributed by atoms with Crippen LogP contribution in [0.1, 0.15) is 31.4 Å². The third-order valence-corrected chi connectivity index (χ3v) is 4.40. The summed E-state index contributed by atoms with van der Waals surface area (Å²) in [5.74, 6) is 0.266. The Hall–Kier alpha value is -2.00. The normalized spacial score (nSPS) is 22.5. The van der Waals surface area contributed by atoms with Crippen LogP contribution in [0.4, 0.5) is 0 Å².